The molecule has 1 aromatic heterocycles. The fourth-order valence-electron chi connectivity index (χ4n) is 2.37. The Morgan fingerprint density at radius 1 is 1.28 bits per heavy atom. The van der Waals surface area contributed by atoms with Gasteiger partial charge >= 0.3 is 0 Å². The number of carbonyl (C=O) groups is 1. The van der Waals surface area contributed by atoms with E-state index in [1.165, 1.54) is 0 Å². The molecule has 0 radical (unpaired) electrons. The molecular formula is C14H21N3O. The Morgan fingerprint density at radius 2 is 1.94 bits per heavy atom. The maximum Gasteiger partial charge on any atom is 0.227 e. The van der Waals surface area contributed by atoms with Crippen molar-refractivity contribution in [3.63, 3.8) is 0 Å². The third-order valence-corrected chi connectivity index (χ3v) is 3.43. The molecular weight excluding hydrogens is 226 g/mol. The van der Waals surface area contributed by atoms with Crippen molar-refractivity contribution < 1.29 is 4.79 Å². The molecule has 0 spiro atoms. The molecule has 0 bridgehead atoms. The van der Waals surface area contributed by atoms with Crippen LogP contribution in [0.2, 0.25) is 0 Å². The number of hydrogen-bond acceptors (Lipinski definition) is 3. The Kier molecular flexibility index (Phi) is 3.64. The van der Waals surface area contributed by atoms with Gasteiger partial charge in [-0.15, -0.1) is 0 Å². The largest absolute Gasteiger partial charge is 0.342 e. The van der Waals surface area contributed by atoms with Gasteiger partial charge in [-0.25, -0.2) is 0 Å². The number of nitrogens with zero attached hydrogens (tertiary/aromatic N) is 3. The Hall–Kier alpha value is -1.45. The first-order valence-corrected chi connectivity index (χ1v) is 6.54. The fraction of sp³-hybridized carbons (Fsp3) is 0.643. The molecule has 0 aromatic carbocycles. The summed E-state index contributed by atoms with van der Waals surface area (Å²) in [6, 6.07) is 0. The van der Waals surface area contributed by atoms with Crippen LogP contribution in [0.25, 0.3) is 0 Å². The van der Waals surface area contributed by atoms with Crippen LogP contribution in [0.1, 0.15) is 45.2 Å². The van der Waals surface area contributed by atoms with Gasteiger partial charge in [0.1, 0.15) is 0 Å². The minimum Gasteiger partial charge on any atom is -0.342 e. The highest BCUT2D eigenvalue weighted by molar-refractivity contribution is 5.81. The van der Waals surface area contributed by atoms with Crippen molar-refractivity contribution in [1.29, 1.82) is 0 Å². The molecule has 1 aromatic rings. The zero-order valence-corrected chi connectivity index (χ0v) is 11.4. The predicted molar refractivity (Wildman–Crippen MR) is 70.0 cm³/mol. The van der Waals surface area contributed by atoms with E-state index in [4.69, 9.17) is 0 Å². The number of hydrogen-bond donors (Lipinski definition) is 0. The minimum absolute atomic E-state index is 0.250. The molecule has 0 unspecified atom stereocenters. The predicted octanol–water partition coefficient (Wildman–Crippen LogP) is 2.23. The fourth-order valence-corrected chi connectivity index (χ4v) is 2.37. The summed E-state index contributed by atoms with van der Waals surface area (Å²) in [4.78, 5) is 22.6. The van der Waals surface area contributed by atoms with E-state index in [1.807, 2.05) is 31.9 Å². The molecule has 18 heavy (non-hydrogen) atoms. The van der Waals surface area contributed by atoms with Crippen molar-refractivity contribution in [2.24, 2.45) is 5.41 Å². The van der Waals surface area contributed by atoms with Crippen LogP contribution in [0.5, 0.6) is 0 Å². The first-order valence-electron chi connectivity index (χ1n) is 6.54. The monoisotopic (exact) mass is 247 g/mol. The highest BCUT2D eigenvalue weighted by Gasteiger charge is 2.30. The molecule has 0 N–H and O–H groups in total. The second kappa shape index (κ2) is 5.04. The van der Waals surface area contributed by atoms with Gasteiger partial charge in [0.05, 0.1) is 5.69 Å². The summed E-state index contributed by atoms with van der Waals surface area (Å²) in [6.45, 7) is 7.59. The third kappa shape index (κ3) is 2.86. The van der Waals surface area contributed by atoms with Crippen molar-refractivity contribution in [3.05, 3.63) is 24.3 Å². The Morgan fingerprint density at radius 3 is 2.44 bits per heavy atom. The van der Waals surface area contributed by atoms with Gasteiger partial charge in [0, 0.05) is 43.0 Å². The highest BCUT2D eigenvalue weighted by atomic mass is 16.2. The maximum absolute atomic E-state index is 12.2. The van der Waals surface area contributed by atoms with E-state index >= 15 is 0 Å². The lowest BCUT2D eigenvalue weighted by molar-refractivity contribution is -0.140. The molecule has 2 rings (SSSR count). The maximum atomic E-state index is 12.2. The SMILES string of the molecule is CC(C)(C)C(=O)N1CCC(c2cnccn2)CC1. The molecule has 4 heteroatoms. The number of rotatable bonds is 1. The molecule has 0 aliphatic carbocycles. The number of piperidine rings is 1. The average Bonchev–Trinajstić information content (AvgIpc) is 2.38. The topological polar surface area (TPSA) is 46.1 Å². The van der Waals surface area contributed by atoms with Crippen LogP contribution >= 0.6 is 0 Å². The van der Waals surface area contributed by atoms with E-state index in [0.717, 1.165) is 31.6 Å². The van der Waals surface area contributed by atoms with Crippen LogP contribution in [0.3, 0.4) is 0 Å². The first kappa shape index (κ1) is 13.0. The second-order valence-electron chi connectivity index (χ2n) is 5.95. The Balaban J connectivity index is 1.95. The third-order valence-electron chi connectivity index (χ3n) is 3.43. The van der Waals surface area contributed by atoms with Gasteiger partial charge in [-0.3, -0.25) is 14.8 Å². The number of likely N-dealkylation sites (tertiary alicyclic amines) is 1. The van der Waals surface area contributed by atoms with Gasteiger partial charge in [0.15, 0.2) is 0 Å². The van der Waals surface area contributed by atoms with Gasteiger partial charge in [0.2, 0.25) is 5.91 Å². The summed E-state index contributed by atoms with van der Waals surface area (Å²) in [6.07, 6.45) is 7.25. The van der Waals surface area contributed by atoms with Crippen LogP contribution in [0.4, 0.5) is 0 Å². The van der Waals surface area contributed by atoms with Crippen molar-refractivity contribution in [2.75, 3.05) is 13.1 Å². The molecule has 1 amide bonds. The van der Waals surface area contributed by atoms with Gasteiger partial charge in [-0.1, -0.05) is 20.8 Å². The van der Waals surface area contributed by atoms with E-state index in [-0.39, 0.29) is 11.3 Å². The lowest BCUT2D eigenvalue weighted by Gasteiger charge is -2.35. The Labute approximate surface area is 108 Å². The summed E-state index contributed by atoms with van der Waals surface area (Å²) in [5.74, 6) is 0.697. The molecule has 0 atom stereocenters. The van der Waals surface area contributed by atoms with E-state index in [1.54, 1.807) is 12.4 Å². The van der Waals surface area contributed by atoms with E-state index in [9.17, 15) is 4.79 Å². The minimum atomic E-state index is -0.278. The molecule has 4 nitrogen and oxygen atoms in total. The summed E-state index contributed by atoms with van der Waals surface area (Å²) >= 11 is 0. The molecule has 1 fully saturated rings. The summed E-state index contributed by atoms with van der Waals surface area (Å²) in [7, 11) is 0. The van der Waals surface area contributed by atoms with E-state index in [0.29, 0.717) is 5.92 Å². The summed E-state index contributed by atoms with van der Waals surface area (Å²) in [5, 5.41) is 0. The van der Waals surface area contributed by atoms with Gasteiger partial charge < -0.3 is 4.90 Å². The smallest absolute Gasteiger partial charge is 0.227 e. The quantitative estimate of drug-likeness (QED) is 0.764. The Bertz CT molecular complexity index is 403. The number of aromatic nitrogens is 2. The van der Waals surface area contributed by atoms with Crippen LogP contribution in [-0.4, -0.2) is 33.9 Å². The van der Waals surface area contributed by atoms with Gasteiger partial charge in [-0.05, 0) is 12.8 Å². The molecule has 98 valence electrons. The normalized spacial score (nSPS) is 17.8. The van der Waals surface area contributed by atoms with Crippen molar-refractivity contribution in [3.8, 4) is 0 Å². The molecule has 0 saturated carbocycles. The highest BCUT2D eigenvalue weighted by Crippen LogP contribution is 2.28. The van der Waals surface area contributed by atoms with Gasteiger partial charge in [0.25, 0.3) is 0 Å². The van der Waals surface area contributed by atoms with Crippen molar-refractivity contribution >= 4 is 5.91 Å². The zero-order valence-electron chi connectivity index (χ0n) is 11.4. The molecule has 1 saturated heterocycles. The number of amides is 1. The van der Waals surface area contributed by atoms with E-state index in [2.05, 4.69) is 9.97 Å². The van der Waals surface area contributed by atoms with Crippen LogP contribution < -0.4 is 0 Å². The van der Waals surface area contributed by atoms with Gasteiger partial charge in [-0.2, -0.15) is 0 Å². The average molecular weight is 247 g/mol. The molecule has 2 heterocycles. The molecule has 1 aliphatic heterocycles. The van der Waals surface area contributed by atoms with Crippen molar-refractivity contribution in [2.45, 2.75) is 39.5 Å². The van der Waals surface area contributed by atoms with Crippen molar-refractivity contribution in [1.82, 2.24) is 14.9 Å². The second-order valence-corrected chi connectivity index (χ2v) is 5.95. The number of carbonyl (C=O) groups excluding carboxylic acids is 1. The first-order chi connectivity index (χ1) is 8.48. The zero-order chi connectivity index (χ0) is 13.2. The summed E-state index contributed by atoms with van der Waals surface area (Å²) in [5.41, 5.74) is 0.778. The van der Waals surface area contributed by atoms with Crippen LogP contribution in [0.15, 0.2) is 18.6 Å². The lowest BCUT2D eigenvalue weighted by atomic mass is 9.90. The van der Waals surface area contributed by atoms with Crippen LogP contribution in [0, 0.1) is 5.41 Å². The van der Waals surface area contributed by atoms with Crippen LogP contribution in [-0.2, 0) is 4.79 Å². The summed E-state index contributed by atoms with van der Waals surface area (Å²) < 4.78 is 0. The van der Waals surface area contributed by atoms with E-state index < -0.39 is 0 Å². The standard InChI is InChI=1S/C14H21N3O/c1-14(2,3)13(18)17-8-4-11(5-9-17)12-10-15-6-7-16-12/h6-7,10-11H,4-5,8-9H2,1-3H3. The molecule has 1 aliphatic rings. The lowest BCUT2D eigenvalue weighted by Crippen LogP contribution is -2.43.